The Kier molecular flexibility index (Phi) is 10.9. The number of hydrogen-bond acceptors (Lipinski definition) is 14. The molecule has 14 heteroatoms. The van der Waals surface area contributed by atoms with Crippen molar-refractivity contribution < 1.29 is 68.3 Å². The molecule has 0 saturated carbocycles. The molecule has 14 nitrogen and oxygen atoms in total. The molecule has 2 aliphatic rings. The van der Waals surface area contributed by atoms with Crippen LogP contribution in [0.1, 0.15) is 37.2 Å². The van der Waals surface area contributed by atoms with Gasteiger partial charge in [0.15, 0.2) is 23.0 Å². The van der Waals surface area contributed by atoms with Crippen molar-refractivity contribution in [2.45, 2.75) is 56.8 Å². The quantitative estimate of drug-likeness (QED) is 0.220. The molecular weight excluding hydrogens is 584 g/mol. The zero-order valence-corrected chi connectivity index (χ0v) is 24.7. The molecule has 2 aliphatic heterocycles. The number of rotatable bonds is 11. The lowest BCUT2D eigenvalue weighted by atomic mass is 9.83. The Balaban J connectivity index is 1.68. The smallest absolute Gasteiger partial charge is 0.302 e. The van der Waals surface area contributed by atoms with Gasteiger partial charge >= 0.3 is 11.9 Å². The average Bonchev–Trinajstić information content (AvgIpc) is 3.37. The summed E-state index contributed by atoms with van der Waals surface area (Å²) >= 11 is 0. The molecule has 0 spiro atoms. The third-order valence-electron chi connectivity index (χ3n) is 7.72. The highest BCUT2D eigenvalue weighted by Crippen LogP contribution is 2.51. The van der Waals surface area contributed by atoms with Gasteiger partial charge in [0, 0.05) is 25.7 Å². The van der Waals surface area contributed by atoms with Crippen molar-refractivity contribution >= 4 is 11.9 Å². The number of benzene rings is 2. The first-order valence-corrected chi connectivity index (χ1v) is 13.9. The summed E-state index contributed by atoms with van der Waals surface area (Å²) in [5, 5.41) is 50.3. The molecule has 2 aromatic rings. The van der Waals surface area contributed by atoms with Gasteiger partial charge in [-0.25, -0.2) is 0 Å². The molecule has 0 radical (unpaired) electrons. The first kappa shape index (κ1) is 33.2. The van der Waals surface area contributed by atoms with Crippen LogP contribution in [-0.4, -0.2) is 102 Å². The van der Waals surface area contributed by atoms with Gasteiger partial charge in [0.25, 0.3) is 0 Å². The molecule has 242 valence electrons. The van der Waals surface area contributed by atoms with Crippen LogP contribution in [-0.2, 0) is 28.5 Å². The van der Waals surface area contributed by atoms with Crippen LogP contribution in [0.5, 0.6) is 23.0 Å². The fraction of sp³-hybridized carbons (Fsp3) is 0.533. The first-order valence-electron chi connectivity index (χ1n) is 13.9. The number of aliphatic hydroxyl groups excluding tert-OH is 4. The van der Waals surface area contributed by atoms with E-state index >= 15 is 0 Å². The van der Waals surface area contributed by atoms with E-state index in [1.54, 1.807) is 24.3 Å². The Hall–Kier alpha value is -3.66. The summed E-state index contributed by atoms with van der Waals surface area (Å²) in [5.74, 6) is -1.55. The van der Waals surface area contributed by atoms with Crippen molar-refractivity contribution in [1.29, 1.82) is 0 Å². The molecule has 2 saturated heterocycles. The van der Waals surface area contributed by atoms with E-state index < -0.39 is 73.3 Å². The van der Waals surface area contributed by atoms with E-state index in [0.717, 1.165) is 0 Å². The average molecular weight is 623 g/mol. The molecule has 9 atom stereocenters. The van der Waals surface area contributed by atoms with Crippen LogP contribution in [0, 0.1) is 11.8 Å². The fourth-order valence-electron chi connectivity index (χ4n) is 5.43. The molecule has 2 fully saturated rings. The number of aliphatic hydroxyl groups is 4. The number of methoxy groups -OCH3 is 2. The fourth-order valence-corrected chi connectivity index (χ4v) is 5.43. The summed E-state index contributed by atoms with van der Waals surface area (Å²) in [7, 11) is 2.80. The lowest BCUT2D eigenvalue weighted by Gasteiger charge is -2.39. The Labute approximate surface area is 253 Å². The Morgan fingerprint density at radius 3 is 1.82 bits per heavy atom. The molecule has 0 amide bonds. The lowest BCUT2D eigenvalue weighted by molar-refractivity contribution is -0.277. The number of phenolic OH excluding ortho intramolecular Hbond substituents is 1. The van der Waals surface area contributed by atoms with Gasteiger partial charge in [0.2, 0.25) is 6.29 Å². The van der Waals surface area contributed by atoms with Gasteiger partial charge in [-0.1, -0.05) is 12.1 Å². The van der Waals surface area contributed by atoms with E-state index in [4.69, 9.17) is 33.2 Å². The Morgan fingerprint density at radius 2 is 1.30 bits per heavy atom. The number of esters is 2. The van der Waals surface area contributed by atoms with Crippen LogP contribution in [0.3, 0.4) is 0 Å². The van der Waals surface area contributed by atoms with Gasteiger partial charge in [-0.15, -0.1) is 0 Å². The van der Waals surface area contributed by atoms with Crippen molar-refractivity contribution in [3.8, 4) is 23.0 Å². The topological polar surface area (TPSA) is 200 Å². The summed E-state index contributed by atoms with van der Waals surface area (Å²) in [6, 6.07) is 9.54. The van der Waals surface area contributed by atoms with Crippen LogP contribution in [0.4, 0.5) is 0 Å². The molecule has 4 rings (SSSR count). The maximum absolute atomic E-state index is 11.8. The monoisotopic (exact) mass is 622 g/mol. The second-order valence-electron chi connectivity index (χ2n) is 10.6. The number of carbonyl (C=O) groups excluding carboxylic acids is 2. The van der Waals surface area contributed by atoms with Crippen molar-refractivity contribution in [2.75, 3.05) is 34.0 Å². The van der Waals surface area contributed by atoms with Crippen LogP contribution in [0.2, 0.25) is 0 Å². The van der Waals surface area contributed by atoms with Gasteiger partial charge in [0.05, 0.1) is 46.2 Å². The maximum Gasteiger partial charge on any atom is 0.302 e. The summed E-state index contributed by atoms with van der Waals surface area (Å²) in [5.41, 5.74) is 1.21. The molecule has 2 heterocycles. The summed E-state index contributed by atoms with van der Waals surface area (Å²) in [6.45, 7) is 1.82. The molecule has 0 bridgehead atoms. The SMILES string of the molecule is COc1cc(C2OC(c3ccc(OC4OC(CO)C(O)C(O)C4O)c(OC)c3)C(COC(C)=O)C2COC(C)=O)ccc1O. The standard InChI is InChI=1S/C30H38O14/c1-14(32)40-12-18-19(13-41-15(2)33)29(44-28(18)16-5-7-20(34)22(9-16)38-3)17-6-8-21(23(10-17)39-4)42-30-27(37)26(36)25(35)24(11-31)43-30/h5-10,18-19,24-31,34-37H,11-13H2,1-4H3. The highest BCUT2D eigenvalue weighted by molar-refractivity contribution is 5.66. The number of carbonyl (C=O) groups is 2. The minimum Gasteiger partial charge on any atom is -0.504 e. The molecule has 44 heavy (non-hydrogen) atoms. The maximum atomic E-state index is 11.8. The van der Waals surface area contributed by atoms with Crippen LogP contribution < -0.4 is 14.2 Å². The number of hydrogen-bond donors (Lipinski definition) is 5. The van der Waals surface area contributed by atoms with Crippen molar-refractivity contribution in [3.63, 3.8) is 0 Å². The largest absolute Gasteiger partial charge is 0.504 e. The van der Waals surface area contributed by atoms with Gasteiger partial charge in [-0.3, -0.25) is 9.59 Å². The van der Waals surface area contributed by atoms with Gasteiger partial charge in [0.1, 0.15) is 24.4 Å². The third kappa shape index (κ3) is 7.17. The summed E-state index contributed by atoms with van der Waals surface area (Å²) < 4.78 is 39.4. The lowest BCUT2D eigenvalue weighted by Crippen LogP contribution is -2.60. The number of phenols is 1. The highest BCUT2D eigenvalue weighted by Gasteiger charge is 2.48. The predicted octanol–water partition coefficient (Wildman–Crippen LogP) is 0.759. The molecule has 5 N–H and O–H groups in total. The molecule has 9 unspecified atom stereocenters. The van der Waals surface area contributed by atoms with Crippen molar-refractivity contribution in [3.05, 3.63) is 47.5 Å². The van der Waals surface area contributed by atoms with Gasteiger partial charge < -0.3 is 58.7 Å². The van der Waals surface area contributed by atoms with E-state index in [9.17, 15) is 35.1 Å². The van der Waals surface area contributed by atoms with Gasteiger partial charge in [-0.2, -0.15) is 0 Å². The summed E-state index contributed by atoms with van der Waals surface area (Å²) in [6.07, 6.45) is -8.80. The summed E-state index contributed by atoms with van der Waals surface area (Å²) in [4.78, 5) is 23.6. The Bertz CT molecular complexity index is 1300. The van der Waals surface area contributed by atoms with Crippen LogP contribution >= 0.6 is 0 Å². The van der Waals surface area contributed by atoms with E-state index in [1.807, 2.05) is 0 Å². The second kappa shape index (κ2) is 14.4. The van der Waals surface area contributed by atoms with E-state index in [-0.39, 0.29) is 36.2 Å². The molecule has 0 aliphatic carbocycles. The molecular formula is C30H38O14. The van der Waals surface area contributed by atoms with Crippen LogP contribution in [0.25, 0.3) is 0 Å². The second-order valence-corrected chi connectivity index (χ2v) is 10.6. The normalized spacial score (nSPS) is 30.0. The third-order valence-corrected chi connectivity index (χ3v) is 7.72. The zero-order valence-electron chi connectivity index (χ0n) is 24.7. The zero-order chi connectivity index (χ0) is 32.1. The van der Waals surface area contributed by atoms with Crippen molar-refractivity contribution in [2.24, 2.45) is 11.8 Å². The van der Waals surface area contributed by atoms with Gasteiger partial charge in [-0.05, 0) is 35.4 Å². The molecule has 0 aromatic heterocycles. The number of aromatic hydroxyl groups is 1. The van der Waals surface area contributed by atoms with Crippen molar-refractivity contribution in [1.82, 2.24) is 0 Å². The molecule has 2 aromatic carbocycles. The van der Waals surface area contributed by atoms with Crippen LogP contribution in [0.15, 0.2) is 36.4 Å². The van der Waals surface area contributed by atoms with E-state index in [2.05, 4.69) is 0 Å². The minimum atomic E-state index is -1.63. The predicted molar refractivity (Wildman–Crippen MR) is 149 cm³/mol. The minimum absolute atomic E-state index is 0.0545. The van der Waals surface area contributed by atoms with E-state index in [1.165, 1.54) is 40.2 Å². The highest BCUT2D eigenvalue weighted by atomic mass is 16.7. The van der Waals surface area contributed by atoms with E-state index in [0.29, 0.717) is 11.1 Å². The first-order chi connectivity index (χ1) is 21.0. The Morgan fingerprint density at radius 1 is 0.750 bits per heavy atom. The number of ether oxygens (including phenoxy) is 7.